The van der Waals surface area contributed by atoms with Crippen LogP contribution in [0.5, 0.6) is 0 Å². The lowest BCUT2D eigenvalue weighted by molar-refractivity contribution is 0.0899. The van der Waals surface area contributed by atoms with Gasteiger partial charge < -0.3 is 15.2 Å². The molecule has 1 fully saturated rings. The van der Waals surface area contributed by atoms with Crippen LogP contribution in [0, 0.1) is 11.8 Å². The summed E-state index contributed by atoms with van der Waals surface area (Å²) in [6.07, 6.45) is 6.26. The zero-order valence-electron chi connectivity index (χ0n) is 12.8. The van der Waals surface area contributed by atoms with Crippen LogP contribution in [-0.2, 0) is 17.6 Å². The van der Waals surface area contributed by atoms with Crippen molar-refractivity contribution in [3.63, 3.8) is 0 Å². The second-order valence-corrected chi connectivity index (χ2v) is 6.44. The number of hydrogen-bond acceptors (Lipinski definition) is 3. The highest BCUT2D eigenvalue weighted by Crippen LogP contribution is 2.39. The van der Waals surface area contributed by atoms with E-state index in [9.17, 15) is 0 Å². The average molecular weight is 289 g/mol. The molecule has 1 aromatic rings. The van der Waals surface area contributed by atoms with E-state index in [1.807, 2.05) is 0 Å². The normalized spacial score (nSPS) is 27.4. The molecule has 3 heteroatoms. The van der Waals surface area contributed by atoms with Crippen LogP contribution < -0.4 is 5.32 Å². The van der Waals surface area contributed by atoms with E-state index in [-0.39, 0.29) is 6.61 Å². The van der Waals surface area contributed by atoms with Gasteiger partial charge in [-0.1, -0.05) is 24.3 Å². The van der Waals surface area contributed by atoms with Crippen LogP contribution in [0.4, 0.5) is 0 Å². The zero-order chi connectivity index (χ0) is 14.5. The molecule has 2 atom stereocenters. The van der Waals surface area contributed by atoms with E-state index in [1.54, 1.807) is 11.1 Å². The lowest BCUT2D eigenvalue weighted by Gasteiger charge is -2.23. The fourth-order valence-electron chi connectivity index (χ4n) is 4.09. The highest BCUT2D eigenvalue weighted by atomic mass is 16.5. The fourth-order valence-corrected chi connectivity index (χ4v) is 4.09. The molecular formula is C18H27NO2. The highest BCUT2D eigenvalue weighted by Gasteiger charge is 2.38. The predicted octanol–water partition coefficient (Wildman–Crippen LogP) is 2.17. The monoisotopic (exact) mass is 289 g/mol. The molecule has 2 unspecified atom stereocenters. The van der Waals surface area contributed by atoms with Crippen molar-refractivity contribution in [2.24, 2.45) is 11.8 Å². The first-order chi connectivity index (χ1) is 10.4. The molecule has 2 N–H and O–H groups in total. The van der Waals surface area contributed by atoms with Gasteiger partial charge in [0.25, 0.3) is 0 Å². The summed E-state index contributed by atoms with van der Waals surface area (Å²) < 4.78 is 5.33. The lowest BCUT2D eigenvalue weighted by atomic mass is 9.94. The molecule has 0 saturated heterocycles. The number of rotatable bonds is 7. The summed E-state index contributed by atoms with van der Waals surface area (Å²) in [5, 5.41) is 12.5. The molecule has 3 rings (SSSR count). The number of benzene rings is 1. The molecule has 0 heterocycles. The molecule has 0 radical (unpaired) electrons. The zero-order valence-corrected chi connectivity index (χ0v) is 12.8. The summed E-state index contributed by atoms with van der Waals surface area (Å²) in [5.74, 6) is 1.61. The van der Waals surface area contributed by atoms with Crippen LogP contribution in [0.2, 0.25) is 0 Å². The number of nitrogens with one attached hydrogen (secondary N) is 1. The minimum atomic E-state index is 0.123. The summed E-state index contributed by atoms with van der Waals surface area (Å²) in [5.41, 5.74) is 3.14. The van der Waals surface area contributed by atoms with Crippen molar-refractivity contribution in [3.05, 3.63) is 35.4 Å². The minimum Gasteiger partial charge on any atom is -0.394 e. The van der Waals surface area contributed by atoms with Crippen molar-refractivity contribution < 1.29 is 9.84 Å². The van der Waals surface area contributed by atoms with Crippen molar-refractivity contribution in [1.82, 2.24) is 5.32 Å². The maximum Gasteiger partial charge on any atom is 0.0697 e. The van der Waals surface area contributed by atoms with E-state index in [1.165, 1.54) is 25.7 Å². The molecule has 0 amide bonds. The molecule has 1 aromatic carbocycles. The predicted molar refractivity (Wildman–Crippen MR) is 84.4 cm³/mol. The van der Waals surface area contributed by atoms with Crippen molar-refractivity contribution in [2.45, 2.75) is 38.1 Å². The lowest BCUT2D eigenvalue weighted by Crippen LogP contribution is -2.38. The Kier molecular flexibility index (Phi) is 5.28. The second kappa shape index (κ2) is 7.39. The Labute approximate surface area is 127 Å². The van der Waals surface area contributed by atoms with Crippen molar-refractivity contribution in [3.8, 4) is 0 Å². The first-order valence-corrected chi connectivity index (χ1v) is 8.37. The highest BCUT2D eigenvalue weighted by molar-refractivity contribution is 5.30. The van der Waals surface area contributed by atoms with Gasteiger partial charge in [0, 0.05) is 12.6 Å². The van der Waals surface area contributed by atoms with Gasteiger partial charge in [-0.15, -0.1) is 0 Å². The van der Waals surface area contributed by atoms with E-state index in [0.717, 1.165) is 31.4 Å². The number of fused-ring (bicyclic) bond motifs is 3. The Hall–Kier alpha value is -0.900. The molecular weight excluding hydrogens is 262 g/mol. The SMILES string of the molecule is OCCOCCCNC1C2CCC1Cc1ccccc1C2. The van der Waals surface area contributed by atoms with E-state index in [0.29, 0.717) is 12.6 Å². The van der Waals surface area contributed by atoms with Crippen LogP contribution in [0.15, 0.2) is 24.3 Å². The molecule has 1 saturated carbocycles. The van der Waals surface area contributed by atoms with E-state index in [2.05, 4.69) is 29.6 Å². The smallest absolute Gasteiger partial charge is 0.0697 e. The van der Waals surface area contributed by atoms with Gasteiger partial charge in [-0.25, -0.2) is 0 Å². The van der Waals surface area contributed by atoms with Gasteiger partial charge in [-0.2, -0.15) is 0 Å². The summed E-state index contributed by atoms with van der Waals surface area (Å²) in [7, 11) is 0. The molecule has 21 heavy (non-hydrogen) atoms. The Morgan fingerprint density at radius 3 is 2.33 bits per heavy atom. The Morgan fingerprint density at radius 2 is 1.71 bits per heavy atom. The molecule has 2 bridgehead atoms. The summed E-state index contributed by atoms with van der Waals surface area (Å²) >= 11 is 0. The molecule has 0 spiro atoms. The first kappa shape index (κ1) is 15.0. The molecule has 0 aromatic heterocycles. The maximum atomic E-state index is 8.68. The quantitative estimate of drug-likeness (QED) is 0.756. The van der Waals surface area contributed by atoms with Crippen molar-refractivity contribution in [1.29, 1.82) is 0 Å². The van der Waals surface area contributed by atoms with Crippen LogP contribution in [-0.4, -0.2) is 37.5 Å². The standard InChI is InChI=1S/C18H27NO2/c20-9-11-21-10-3-8-19-18-16-6-7-17(18)13-15-5-2-1-4-14(15)12-16/h1-2,4-5,16-20H,3,6-13H2. The third-order valence-electron chi connectivity index (χ3n) is 5.09. The second-order valence-electron chi connectivity index (χ2n) is 6.44. The fraction of sp³-hybridized carbons (Fsp3) is 0.667. The Balaban J connectivity index is 1.51. The molecule has 3 nitrogen and oxygen atoms in total. The van der Waals surface area contributed by atoms with Crippen LogP contribution in [0.25, 0.3) is 0 Å². The first-order valence-electron chi connectivity index (χ1n) is 8.37. The molecule has 2 aliphatic rings. The van der Waals surface area contributed by atoms with Gasteiger partial charge >= 0.3 is 0 Å². The van der Waals surface area contributed by atoms with Gasteiger partial charge in [0.1, 0.15) is 0 Å². The number of ether oxygens (including phenoxy) is 1. The molecule has 116 valence electrons. The Bertz CT molecular complexity index is 416. The van der Waals surface area contributed by atoms with Crippen molar-refractivity contribution in [2.75, 3.05) is 26.4 Å². The number of aliphatic hydroxyl groups excluding tert-OH is 1. The molecule has 2 aliphatic carbocycles. The largest absolute Gasteiger partial charge is 0.394 e. The average Bonchev–Trinajstić information content (AvgIpc) is 2.77. The van der Waals surface area contributed by atoms with Gasteiger partial charge in [0.2, 0.25) is 0 Å². The number of aliphatic hydroxyl groups is 1. The van der Waals surface area contributed by atoms with Crippen LogP contribution in [0.3, 0.4) is 0 Å². The summed E-state index contributed by atoms with van der Waals surface area (Å²) in [6.45, 7) is 2.36. The van der Waals surface area contributed by atoms with Crippen molar-refractivity contribution >= 4 is 0 Å². The van der Waals surface area contributed by atoms with E-state index < -0.39 is 0 Å². The van der Waals surface area contributed by atoms with Gasteiger partial charge in [0.05, 0.1) is 13.2 Å². The van der Waals surface area contributed by atoms with E-state index in [4.69, 9.17) is 9.84 Å². The minimum absolute atomic E-state index is 0.123. The van der Waals surface area contributed by atoms with Gasteiger partial charge in [0.15, 0.2) is 0 Å². The Morgan fingerprint density at radius 1 is 1.05 bits per heavy atom. The van der Waals surface area contributed by atoms with Crippen LogP contribution in [0.1, 0.15) is 30.4 Å². The maximum absolute atomic E-state index is 8.68. The third-order valence-corrected chi connectivity index (χ3v) is 5.09. The summed E-state index contributed by atoms with van der Waals surface area (Å²) in [4.78, 5) is 0. The summed E-state index contributed by atoms with van der Waals surface area (Å²) in [6, 6.07) is 9.67. The van der Waals surface area contributed by atoms with E-state index >= 15 is 0 Å². The third kappa shape index (κ3) is 3.65. The number of hydrogen-bond donors (Lipinski definition) is 2. The van der Waals surface area contributed by atoms with Gasteiger partial charge in [-0.3, -0.25) is 0 Å². The van der Waals surface area contributed by atoms with Crippen LogP contribution >= 0.6 is 0 Å². The van der Waals surface area contributed by atoms with Gasteiger partial charge in [-0.05, 0) is 61.6 Å². The topological polar surface area (TPSA) is 41.5 Å². The molecule has 0 aliphatic heterocycles.